The van der Waals surface area contributed by atoms with Crippen molar-refractivity contribution in [1.82, 2.24) is 0 Å². The van der Waals surface area contributed by atoms with Gasteiger partial charge in [0.05, 0.1) is 18.4 Å². The number of hydrogen-bond donors (Lipinski definition) is 0. The van der Waals surface area contributed by atoms with Crippen LogP contribution in [0.5, 0.6) is 17.2 Å². The van der Waals surface area contributed by atoms with Crippen LogP contribution in [0.3, 0.4) is 0 Å². The molecule has 0 radical (unpaired) electrons. The Balaban J connectivity index is 0.000000214. The first-order valence-electron chi connectivity index (χ1n) is 17.6. The van der Waals surface area contributed by atoms with Crippen molar-refractivity contribution in [2.75, 3.05) is 6.61 Å². The molecule has 4 aliphatic carbocycles. The third-order valence-corrected chi connectivity index (χ3v) is 11.1. The van der Waals surface area contributed by atoms with Gasteiger partial charge in [-0.15, -0.1) is 0 Å². The topological polar surface area (TPSA) is 61.8 Å². The van der Waals surface area contributed by atoms with Crippen LogP contribution in [-0.4, -0.2) is 18.5 Å². The summed E-state index contributed by atoms with van der Waals surface area (Å²) in [6, 6.07) is 5.30. The van der Waals surface area contributed by atoms with Crippen molar-refractivity contribution in [2.24, 2.45) is 35.5 Å². The monoisotopic (exact) mass is 676 g/mol. The zero-order chi connectivity index (χ0) is 33.5. The summed E-state index contributed by atoms with van der Waals surface area (Å²) >= 11 is 0. The Kier molecular flexibility index (Phi) is 13.8. The number of halogens is 4. The molecular formula is C39H52F4O5. The van der Waals surface area contributed by atoms with Gasteiger partial charge < -0.3 is 14.2 Å². The molecule has 0 amide bonds. The molecule has 4 aliphatic rings. The van der Waals surface area contributed by atoms with E-state index < -0.39 is 35.2 Å². The number of rotatable bonds is 8. The molecule has 5 nitrogen and oxygen atoms in total. The second kappa shape index (κ2) is 17.5. The lowest BCUT2D eigenvalue weighted by Crippen LogP contribution is -2.30. The lowest BCUT2D eigenvalue weighted by molar-refractivity contribution is -0.141. The minimum absolute atomic E-state index is 0. The zero-order valence-corrected chi connectivity index (χ0v) is 27.6. The van der Waals surface area contributed by atoms with Crippen LogP contribution in [-0.2, 0) is 9.59 Å². The zero-order valence-electron chi connectivity index (χ0n) is 27.6. The van der Waals surface area contributed by atoms with Crippen LogP contribution in [0.4, 0.5) is 17.6 Å². The van der Waals surface area contributed by atoms with Gasteiger partial charge in [-0.05, 0) is 113 Å². The molecule has 0 aliphatic heterocycles. The van der Waals surface area contributed by atoms with E-state index in [1.54, 1.807) is 6.92 Å². The predicted molar refractivity (Wildman–Crippen MR) is 177 cm³/mol. The molecular weight excluding hydrogens is 624 g/mol. The third-order valence-electron chi connectivity index (χ3n) is 11.1. The number of hydrogen-bond acceptors (Lipinski definition) is 5. The van der Waals surface area contributed by atoms with Gasteiger partial charge in [0.25, 0.3) is 0 Å². The second-order valence-corrected chi connectivity index (χ2v) is 13.9. The van der Waals surface area contributed by atoms with Crippen LogP contribution in [0.15, 0.2) is 24.3 Å². The Labute approximate surface area is 283 Å². The molecule has 0 aromatic heterocycles. The molecule has 6 rings (SSSR count). The minimum Gasteiger partial charge on any atom is -0.491 e. The molecule has 0 unspecified atom stereocenters. The van der Waals surface area contributed by atoms with Crippen molar-refractivity contribution >= 4 is 11.9 Å². The summed E-state index contributed by atoms with van der Waals surface area (Å²) in [6.45, 7) is 3.40. The first-order valence-corrected chi connectivity index (χ1v) is 17.6. The molecule has 2 aromatic carbocycles. The molecule has 0 heterocycles. The van der Waals surface area contributed by atoms with E-state index in [0.29, 0.717) is 5.92 Å². The summed E-state index contributed by atoms with van der Waals surface area (Å²) in [5.74, 6) is -3.28. The molecule has 4 fully saturated rings. The summed E-state index contributed by atoms with van der Waals surface area (Å²) in [7, 11) is 0. The Bertz CT molecular complexity index is 1370. The normalized spacial score (nSPS) is 24.4. The number of carbonyl (C=O) groups is 2. The maximum atomic E-state index is 14.0. The highest BCUT2D eigenvalue weighted by atomic mass is 19.2. The van der Waals surface area contributed by atoms with Gasteiger partial charge in [0.2, 0.25) is 17.5 Å². The Morgan fingerprint density at radius 3 is 1.38 bits per heavy atom. The van der Waals surface area contributed by atoms with Gasteiger partial charge in [0.1, 0.15) is 0 Å². The average Bonchev–Trinajstić information content (AvgIpc) is 3.60. The van der Waals surface area contributed by atoms with E-state index >= 15 is 0 Å². The molecule has 4 saturated carbocycles. The predicted octanol–water partition coefficient (Wildman–Crippen LogP) is 10.7. The van der Waals surface area contributed by atoms with E-state index in [-0.39, 0.29) is 48.7 Å². The molecule has 9 heteroatoms. The molecule has 0 spiro atoms. The van der Waals surface area contributed by atoms with Crippen LogP contribution >= 0.6 is 0 Å². The fourth-order valence-electron chi connectivity index (χ4n) is 7.94. The summed E-state index contributed by atoms with van der Waals surface area (Å²) < 4.78 is 70.4. The highest BCUT2D eigenvalue weighted by Gasteiger charge is 2.35. The first kappa shape index (κ1) is 37.7. The van der Waals surface area contributed by atoms with E-state index in [0.717, 1.165) is 69.1 Å². The third kappa shape index (κ3) is 9.12. The number of esters is 2. The van der Waals surface area contributed by atoms with Gasteiger partial charge in [0, 0.05) is 0 Å². The SMILES string of the molecule is C.CCOc1ccc(OC(=O)C2CCC(C3CCCC3)CC2)c(F)c1F.Cc1ccc(OC(=O)C2CCC(C3CCC3)CC2)c(F)c1F. The smallest absolute Gasteiger partial charge is 0.314 e. The molecule has 0 bridgehead atoms. The highest BCUT2D eigenvalue weighted by Crippen LogP contribution is 2.43. The van der Waals surface area contributed by atoms with Crippen molar-refractivity contribution in [3.05, 3.63) is 53.1 Å². The van der Waals surface area contributed by atoms with E-state index in [4.69, 9.17) is 14.2 Å². The first-order chi connectivity index (χ1) is 22.7. The van der Waals surface area contributed by atoms with Gasteiger partial charge in [-0.1, -0.05) is 58.4 Å². The lowest BCUT2D eigenvalue weighted by atomic mass is 9.68. The summed E-state index contributed by atoms with van der Waals surface area (Å²) in [4.78, 5) is 24.5. The molecule has 0 atom stereocenters. The maximum Gasteiger partial charge on any atom is 0.314 e. The maximum absolute atomic E-state index is 14.0. The quantitative estimate of drug-likeness (QED) is 0.158. The Morgan fingerprint density at radius 2 is 0.938 bits per heavy atom. The van der Waals surface area contributed by atoms with Crippen molar-refractivity contribution in [3.63, 3.8) is 0 Å². The van der Waals surface area contributed by atoms with E-state index in [1.165, 1.54) is 76.1 Å². The van der Waals surface area contributed by atoms with Crippen LogP contribution in [0.25, 0.3) is 0 Å². The van der Waals surface area contributed by atoms with Gasteiger partial charge in [-0.25, -0.2) is 4.39 Å². The fourth-order valence-corrected chi connectivity index (χ4v) is 7.94. The van der Waals surface area contributed by atoms with E-state index in [9.17, 15) is 27.2 Å². The van der Waals surface area contributed by atoms with Crippen LogP contribution in [0, 0.1) is 65.7 Å². The van der Waals surface area contributed by atoms with Crippen molar-refractivity contribution in [1.29, 1.82) is 0 Å². The Hall–Kier alpha value is -3.10. The molecule has 48 heavy (non-hydrogen) atoms. The van der Waals surface area contributed by atoms with Crippen molar-refractivity contribution < 1.29 is 41.4 Å². The summed E-state index contributed by atoms with van der Waals surface area (Å²) in [6.07, 6.45) is 16.6. The van der Waals surface area contributed by atoms with Gasteiger partial charge >= 0.3 is 11.9 Å². The van der Waals surface area contributed by atoms with E-state index in [2.05, 4.69) is 0 Å². The molecule has 266 valence electrons. The largest absolute Gasteiger partial charge is 0.491 e. The average molecular weight is 677 g/mol. The van der Waals surface area contributed by atoms with E-state index in [1.807, 2.05) is 0 Å². The number of carbonyl (C=O) groups excluding carboxylic acids is 2. The number of benzene rings is 2. The summed E-state index contributed by atoms with van der Waals surface area (Å²) in [5.41, 5.74) is 0.207. The standard InChI is InChI=1S/C20H26F2O3.C18H22F2O2.CH4/c1-2-24-16-11-12-17(19(22)18(16)21)25-20(23)15-9-7-14(8-10-15)13-5-3-4-6-13;1-11-5-10-15(17(20)16(11)19)22-18(21)14-8-6-13(7-9-14)12-3-2-4-12;/h11-15H,2-10H2,1H3;5,10,12-14H,2-4,6-9H2,1H3;1H4. The Morgan fingerprint density at radius 1 is 0.562 bits per heavy atom. The van der Waals surface area contributed by atoms with Crippen LogP contribution < -0.4 is 14.2 Å². The lowest BCUT2D eigenvalue weighted by Gasteiger charge is -2.37. The second-order valence-electron chi connectivity index (χ2n) is 13.9. The number of aryl methyl sites for hydroxylation is 1. The molecule has 0 saturated heterocycles. The molecule has 0 N–H and O–H groups in total. The van der Waals surface area contributed by atoms with Crippen molar-refractivity contribution in [3.8, 4) is 17.2 Å². The highest BCUT2D eigenvalue weighted by molar-refractivity contribution is 5.76. The fraction of sp³-hybridized carbons (Fsp3) is 0.641. The van der Waals surface area contributed by atoms with Crippen molar-refractivity contribution in [2.45, 2.75) is 118 Å². The molecule has 2 aromatic rings. The summed E-state index contributed by atoms with van der Waals surface area (Å²) in [5, 5.41) is 0. The number of ether oxygens (including phenoxy) is 3. The van der Waals surface area contributed by atoms with Gasteiger partial charge in [-0.3, -0.25) is 9.59 Å². The van der Waals surface area contributed by atoms with Gasteiger partial charge in [0.15, 0.2) is 23.1 Å². The van der Waals surface area contributed by atoms with Crippen LogP contribution in [0.1, 0.15) is 116 Å². The van der Waals surface area contributed by atoms with Gasteiger partial charge in [-0.2, -0.15) is 13.2 Å². The van der Waals surface area contributed by atoms with Crippen LogP contribution in [0.2, 0.25) is 0 Å². The minimum atomic E-state index is -1.17.